The van der Waals surface area contributed by atoms with Crippen molar-refractivity contribution in [2.75, 3.05) is 6.26 Å². The van der Waals surface area contributed by atoms with Crippen molar-refractivity contribution in [2.45, 2.75) is 18.5 Å². The van der Waals surface area contributed by atoms with Crippen LogP contribution in [0.3, 0.4) is 0 Å². The second-order valence-electron chi connectivity index (χ2n) is 5.72. The Labute approximate surface area is 159 Å². The van der Waals surface area contributed by atoms with E-state index < -0.39 is 0 Å². The number of carbonyl (C=O) groups is 1. The standard InChI is InChI=1S/C18H16N6O2S/c1-11-15(18(27-2)21-16(20-11)12-6-5-9-26-12)17(25)19-10-14-23-22-13-7-3-4-8-24(13)14/h3-9H,10H2,1-2H3,(H,19,25). The third kappa shape index (κ3) is 3.28. The molecular weight excluding hydrogens is 364 g/mol. The van der Waals surface area contributed by atoms with Gasteiger partial charge < -0.3 is 9.73 Å². The molecule has 1 amide bonds. The number of amides is 1. The maximum atomic E-state index is 12.8. The molecule has 0 aliphatic rings. The predicted molar refractivity (Wildman–Crippen MR) is 100 cm³/mol. The fourth-order valence-electron chi connectivity index (χ4n) is 2.73. The van der Waals surface area contributed by atoms with Crippen LogP contribution >= 0.6 is 11.8 Å². The van der Waals surface area contributed by atoms with Crippen LogP contribution in [-0.2, 0) is 6.54 Å². The van der Waals surface area contributed by atoms with Gasteiger partial charge in [-0.05, 0) is 37.4 Å². The van der Waals surface area contributed by atoms with E-state index in [1.807, 2.05) is 35.1 Å². The number of thioether (sulfide) groups is 1. The van der Waals surface area contributed by atoms with Crippen LogP contribution in [-0.4, -0.2) is 36.7 Å². The van der Waals surface area contributed by atoms with Crippen molar-refractivity contribution >= 4 is 23.3 Å². The maximum absolute atomic E-state index is 12.8. The molecule has 0 bridgehead atoms. The van der Waals surface area contributed by atoms with Crippen LogP contribution in [0, 0.1) is 6.92 Å². The van der Waals surface area contributed by atoms with Gasteiger partial charge in [0, 0.05) is 6.20 Å². The summed E-state index contributed by atoms with van der Waals surface area (Å²) >= 11 is 1.39. The van der Waals surface area contributed by atoms with E-state index in [1.165, 1.54) is 11.8 Å². The van der Waals surface area contributed by atoms with Gasteiger partial charge in [-0.15, -0.1) is 22.0 Å². The molecule has 0 spiro atoms. The van der Waals surface area contributed by atoms with E-state index in [1.54, 1.807) is 25.3 Å². The quantitative estimate of drug-likeness (QED) is 0.420. The van der Waals surface area contributed by atoms with Gasteiger partial charge in [-0.25, -0.2) is 9.97 Å². The van der Waals surface area contributed by atoms with Gasteiger partial charge in [-0.1, -0.05) is 6.07 Å². The van der Waals surface area contributed by atoms with E-state index in [4.69, 9.17) is 4.42 Å². The summed E-state index contributed by atoms with van der Waals surface area (Å²) in [5.41, 5.74) is 1.77. The Morgan fingerprint density at radius 3 is 2.89 bits per heavy atom. The molecular formula is C18H16N6O2S. The minimum atomic E-state index is -0.254. The van der Waals surface area contributed by atoms with E-state index in [0.29, 0.717) is 33.7 Å². The summed E-state index contributed by atoms with van der Waals surface area (Å²) in [6, 6.07) is 9.19. The number of fused-ring (bicyclic) bond motifs is 1. The van der Waals surface area contributed by atoms with Gasteiger partial charge in [0.05, 0.1) is 24.1 Å². The van der Waals surface area contributed by atoms with E-state index >= 15 is 0 Å². The maximum Gasteiger partial charge on any atom is 0.256 e. The molecule has 0 atom stereocenters. The molecule has 9 heteroatoms. The summed E-state index contributed by atoms with van der Waals surface area (Å²) < 4.78 is 7.19. The van der Waals surface area contributed by atoms with E-state index in [-0.39, 0.29) is 12.5 Å². The van der Waals surface area contributed by atoms with Crippen LogP contribution in [0.5, 0.6) is 0 Å². The summed E-state index contributed by atoms with van der Waals surface area (Å²) in [4.78, 5) is 21.7. The Kier molecular flexibility index (Phi) is 4.59. The summed E-state index contributed by atoms with van der Waals surface area (Å²) in [5.74, 6) is 1.42. The van der Waals surface area contributed by atoms with Crippen molar-refractivity contribution < 1.29 is 9.21 Å². The van der Waals surface area contributed by atoms with E-state index in [2.05, 4.69) is 25.5 Å². The van der Waals surface area contributed by atoms with Gasteiger partial charge in [0.25, 0.3) is 5.91 Å². The van der Waals surface area contributed by atoms with Gasteiger partial charge in [0.2, 0.25) is 0 Å². The Hall–Kier alpha value is -3.20. The lowest BCUT2D eigenvalue weighted by Crippen LogP contribution is -2.26. The average molecular weight is 380 g/mol. The molecule has 0 unspecified atom stereocenters. The summed E-state index contributed by atoms with van der Waals surface area (Å²) in [5, 5.41) is 11.7. The Morgan fingerprint density at radius 1 is 1.22 bits per heavy atom. The molecule has 0 fully saturated rings. The molecule has 4 rings (SSSR count). The predicted octanol–water partition coefficient (Wildman–Crippen LogP) is 2.74. The number of nitrogens with zero attached hydrogens (tertiary/aromatic N) is 5. The van der Waals surface area contributed by atoms with Crippen LogP contribution in [0.15, 0.2) is 52.2 Å². The number of aromatic nitrogens is 5. The summed E-state index contributed by atoms with van der Waals surface area (Å²) in [6.07, 6.45) is 5.30. The first-order valence-corrected chi connectivity index (χ1v) is 9.43. The van der Waals surface area contributed by atoms with Crippen LogP contribution in [0.4, 0.5) is 0 Å². The fraction of sp³-hybridized carbons (Fsp3) is 0.167. The smallest absolute Gasteiger partial charge is 0.256 e. The first-order valence-electron chi connectivity index (χ1n) is 8.20. The molecule has 4 heterocycles. The van der Waals surface area contributed by atoms with Crippen molar-refractivity contribution in [1.29, 1.82) is 0 Å². The highest BCUT2D eigenvalue weighted by molar-refractivity contribution is 7.98. The van der Waals surface area contributed by atoms with Gasteiger partial charge >= 0.3 is 0 Å². The number of nitrogens with one attached hydrogen (secondary N) is 1. The third-order valence-corrected chi connectivity index (χ3v) is 4.69. The third-order valence-electron chi connectivity index (χ3n) is 4.01. The molecule has 0 saturated carbocycles. The van der Waals surface area contributed by atoms with Crippen LogP contribution < -0.4 is 5.32 Å². The van der Waals surface area contributed by atoms with E-state index in [0.717, 1.165) is 5.65 Å². The molecule has 0 aliphatic heterocycles. The molecule has 0 aromatic carbocycles. The highest BCUT2D eigenvalue weighted by Gasteiger charge is 2.20. The fourth-order valence-corrected chi connectivity index (χ4v) is 3.35. The Balaban J connectivity index is 1.59. The summed E-state index contributed by atoms with van der Waals surface area (Å²) in [7, 11) is 0. The van der Waals surface area contributed by atoms with Crippen molar-refractivity contribution in [3.05, 3.63) is 59.9 Å². The van der Waals surface area contributed by atoms with E-state index in [9.17, 15) is 4.79 Å². The monoisotopic (exact) mass is 380 g/mol. The second kappa shape index (κ2) is 7.20. The van der Waals surface area contributed by atoms with Crippen LogP contribution in [0.2, 0.25) is 0 Å². The highest BCUT2D eigenvalue weighted by atomic mass is 32.2. The number of hydrogen-bond donors (Lipinski definition) is 1. The van der Waals surface area contributed by atoms with Gasteiger partial charge in [-0.3, -0.25) is 9.20 Å². The lowest BCUT2D eigenvalue weighted by Gasteiger charge is -2.11. The molecule has 0 aliphatic carbocycles. The lowest BCUT2D eigenvalue weighted by atomic mass is 10.2. The van der Waals surface area contributed by atoms with Gasteiger partial charge in [0.15, 0.2) is 23.1 Å². The normalized spacial score (nSPS) is 11.0. The number of pyridine rings is 1. The number of rotatable bonds is 5. The highest BCUT2D eigenvalue weighted by Crippen LogP contribution is 2.25. The molecule has 136 valence electrons. The molecule has 0 saturated heterocycles. The van der Waals surface area contributed by atoms with Crippen LogP contribution in [0.1, 0.15) is 21.9 Å². The van der Waals surface area contributed by atoms with Crippen molar-refractivity contribution in [1.82, 2.24) is 29.9 Å². The Bertz CT molecular complexity index is 1110. The van der Waals surface area contributed by atoms with Gasteiger partial charge in [0.1, 0.15) is 5.03 Å². The molecule has 27 heavy (non-hydrogen) atoms. The number of hydrogen-bond acceptors (Lipinski definition) is 7. The number of carbonyl (C=O) groups excluding carboxylic acids is 1. The minimum absolute atomic E-state index is 0.247. The van der Waals surface area contributed by atoms with Crippen molar-refractivity contribution in [3.8, 4) is 11.6 Å². The molecule has 0 radical (unpaired) electrons. The zero-order valence-corrected chi connectivity index (χ0v) is 15.5. The van der Waals surface area contributed by atoms with Gasteiger partial charge in [-0.2, -0.15) is 0 Å². The largest absolute Gasteiger partial charge is 0.461 e. The molecule has 4 aromatic rings. The zero-order chi connectivity index (χ0) is 18.8. The summed E-state index contributed by atoms with van der Waals surface area (Å²) in [6.45, 7) is 2.03. The lowest BCUT2D eigenvalue weighted by molar-refractivity contribution is 0.0945. The molecule has 4 aromatic heterocycles. The SMILES string of the molecule is CSc1nc(-c2ccco2)nc(C)c1C(=O)NCc1nnc2ccccn12. The first-order chi connectivity index (χ1) is 13.2. The first kappa shape index (κ1) is 17.2. The number of furan rings is 1. The van der Waals surface area contributed by atoms with Crippen LogP contribution in [0.25, 0.3) is 17.2 Å². The van der Waals surface area contributed by atoms with Crippen molar-refractivity contribution in [3.63, 3.8) is 0 Å². The minimum Gasteiger partial charge on any atom is -0.461 e. The topological polar surface area (TPSA) is 98.2 Å². The Morgan fingerprint density at radius 2 is 2.11 bits per heavy atom. The zero-order valence-electron chi connectivity index (χ0n) is 14.7. The average Bonchev–Trinajstić information content (AvgIpc) is 3.35. The number of aryl methyl sites for hydroxylation is 1. The second-order valence-corrected chi connectivity index (χ2v) is 6.52. The van der Waals surface area contributed by atoms with Crippen molar-refractivity contribution in [2.24, 2.45) is 0 Å². The molecule has 1 N–H and O–H groups in total. The molecule has 8 nitrogen and oxygen atoms in total.